The van der Waals surface area contributed by atoms with E-state index in [1.165, 1.54) is 29.3 Å². The van der Waals surface area contributed by atoms with Crippen LogP contribution >= 0.6 is 0 Å². The molecule has 0 spiro atoms. The van der Waals surface area contributed by atoms with Gasteiger partial charge in [-0.25, -0.2) is 4.79 Å². The van der Waals surface area contributed by atoms with Crippen molar-refractivity contribution in [1.82, 2.24) is 0 Å². The number of aliphatic hydroxyl groups excluding tert-OH is 1. The van der Waals surface area contributed by atoms with Gasteiger partial charge in [0, 0.05) is 0 Å². The van der Waals surface area contributed by atoms with E-state index >= 15 is 0 Å². The Morgan fingerprint density at radius 2 is 1.81 bits per heavy atom. The normalized spacial score (nSPS) is 13.4. The molecule has 1 atom stereocenters. The van der Waals surface area contributed by atoms with Crippen molar-refractivity contribution in [2.45, 2.75) is 59.5 Å². The van der Waals surface area contributed by atoms with Crippen LogP contribution in [0.5, 0.6) is 5.75 Å². The van der Waals surface area contributed by atoms with Crippen LogP contribution in [-0.2, 0) is 6.42 Å². The molecule has 142 valence electrons. The number of allylic oxidation sites excluding steroid dienone is 4. The fourth-order valence-electron chi connectivity index (χ4n) is 2.48. The molecule has 3 N–H and O–H groups in total. The highest BCUT2D eigenvalue weighted by Crippen LogP contribution is 2.21. The number of carboxylic acid groups (broad SMARTS) is 1. The Bertz CT molecular complexity index is 707. The van der Waals surface area contributed by atoms with E-state index in [4.69, 9.17) is 5.11 Å². The Morgan fingerprint density at radius 1 is 1.12 bits per heavy atom. The SMILES string of the molecule is CC(C)=CCC/C(C)=C/C[C@H](O)/C(C)=C/Cc1cc(C(=O)O)ccc1O. The van der Waals surface area contributed by atoms with Crippen LogP contribution in [0.3, 0.4) is 0 Å². The van der Waals surface area contributed by atoms with Gasteiger partial charge >= 0.3 is 5.97 Å². The van der Waals surface area contributed by atoms with Crippen LogP contribution in [0.1, 0.15) is 62.9 Å². The first-order valence-corrected chi connectivity index (χ1v) is 8.89. The van der Waals surface area contributed by atoms with Crippen LogP contribution < -0.4 is 0 Å². The third-order valence-corrected chi connectivity index (χ3v) is 4.28. The highest BCUT2D eigenvalue weighted by atomic mass is 16.4. The number of carboxylic acids is 1. The summed E-state index contributed by atoms with van der Waals surface area (Å²) in [5.74, 6) is -0.968. The fourth-order valence-corrected chi connectivity index (χ4v) is 2.48. The minimum absolute atomic E-state index is 0.0588. The molecule has 0 aliphatic rings. The summed E-state index contributed by atoms with van der Waals surface area (Å²) in [6, 6.07) is 4.22. The van der Waals surface area contributed by atoms with Gasteiger partial charge in [-0.1, -0.05) is 29.4 Å². The predicted molar refractivity (Wildman–Crippen MR) is 106 cm³/mol. The Labute approximate surface area is 156 Å². The van der Waals surface area contributed by atoms with Crippen LogP contribution in [0.25, 0.3) is 0 Å². The maximum Gasteiger partial charge on any atom is 0.335 e. The zero-order valence-corrected chi connectivity index (χ0v) is 16.1. The molecule has 0 fully saturated rings. The number of rotatable bonds is 9. The molecule has 0 amide bonds. The Kier molecular flexibility index (Phi) is 8.86. The first kappa shape index (κ1) is 21.7. The largest absolute Gasteiger partial charge is 0.508 e. The van der Waals surface area contributed by atoms with Crippen LogP contribution in [0.4, 0.5) is 0 Å². The molecule has 1 rings (SSSR count). The van der Waals surface area contributed by atoms with Crippen LogP contribution in [0, 0.1) is 0 Å². The number of aromatic hydroxyl groups is 1. The third-order valence-electron chi connectivity index (χ3n) is 4.28. The van der Waals surface area contributed by atoms with Crippen molar-refractivity contribution in [1.29, 1.82) is 0 Å². The van der Waals surface area contributed by atoms with Gasteiger partial charge in [-0.2, -0.15) is 0 Å². The van der Waals surface area contributed by atoms with E-state index in [-0.39, 0.29) is 11.3 Å². The van der Waals surface area contributed by atoms with E-state index < -0.39 is 12.1 Å². The summed E-state index contributed by atoms with van der Waals surface area (Å²) < 4.78 is 0. The number of phenolic OH excluding ortho intramolecular Hbond substituents is 1. The number of carbonyl (C=O) groups is 1. The lowest BCUT2D eigenvalue weighted by Gasteiger charge is -2.10. The zero-order chi connectivity index (χ0) is 19.7. The van der Waals surface area contributed by atoms with E-state index in [9.17, 15) is 15.0 Å². The van der Waals surface area contributed by atoms with Gasteiger partial charge in [-0.05, 0) is 82.7 Å². The predicted octanol–water partition coefficient (Wildman–Crippen LogP) is 5.02. The maximum atomic E-state index is 11.0. The minimum Gasteiger partial charge on any atom is -0.508 e. The highest BCUT2D eigenvalue weighted by molar-refractivity contribution is 5.88. The molecular formula is C22H30O4. The van der Waals surface area contributed by atoms with E-state index in [0.717, 1.165) is 18.4 Å². The van der Waals surface area contributed by atoms with E-state index in [1.807, 2.05) is 13.0 Å². The molecule has 4 nitrogen and oxygen atoms in total. The number of hydrogen-bond acceptors (Lipinski definition) is 3. The zero-order valence-electron chi connectivity index (χ0n) is 16.1. The van der Waals surface area contributed by atoms with E-state index in [2.05, 4.69) is 32.9 Å². The lowest BCUT2D eigenvalue weighted by molar-refractivity contribution is 0.0696. The van der Waals surface area contributed by atoms with Crippen molar-refractivity contribution < 1.29 is 20.1 Å². The number of hydrogen-bond donors (Lipinski definition) is 3. The van der Waals surface area contributed by atoms with Crippen molar-refractivity contribution in [2.24, 2.45) is 0 Å². The second-order valence-electron chi connectivity index (χ2n) is 6.92. The number of benzene rings is 1. The summed E-state index contributed by atoms with van der Waals surface area (Å²) in [6.45, 7) is 8.08. The van der Waals surface area contributed by atoms with Gasteiger partial charge < -0.3 is 15.3 Å². The van der Waals surface area contributed by atoms with Crippen LogP contribution in [0.15, 0.2) is 53.1 Å². The van der Waals surface area contributed by atoms with Gasteiger partial charge in [0.15, 0.2) is 0 Å². The van der Waals surface area contributed by atoms with Gasteiger partial charge in [0.1, 0.15) is 5.75 Å². The number of aliphatic hydroxyl groups is 1. The second kappa shape index (κ2) is 10.6. The topological polar surface area (TPSA) is 77.8 Å². The third kappa shape index (κ3) is 7.70. The van der Waals surface area contributed by atoms with E-state index in [0.29, 0.717) is 18.4 Å². The quantitative estimate of drug-likeness (QED) is 0.541. The molecule has 0 unspecified atom stereocenters. The molecule has 0 radical (unpaired) electrons. The molecule has 0 aromatic heterocycles. The summed E-state index contributed by atoms with van der Waals surface area (Å²) in [5.41, 5.74) is 4.04. The molecule has 1 aromatic carbocycles. The van der Waals surface area contributed by atoms with Crippen LogP contribution in [-0.4, -0.2) is 27.4 Å². The monoisotopic (exact) mass is 358 g/mol. The standard InChI is InChI=1S/C22H30O4/c1-15(2)6-5-7-16(3)8-12-20(23)17(4)9-10-18-14-19(22(25)26)11-13-21(18)24/h6,8-9,11,13-14,20,23-24H,5,7,10,12H2,1-4H3,(H,25,26)/b16-8+,17-9+/t20-/m0/s1. The molecule has 0 heterocycles. The summed E-state index contributed by atoms with van der Waals surface area (Å²) >= 11 is 0. The summed E-state index contributed by atoms with van der Waals surface area (Å²) in [6.07, 6.45) is 8.42. The van der Waals surface area contributed by atoms with Crippen molar-refractivity contribution in [3.05, 3.63) is 64.3 Å². The molecule has 1 aromatic rings. The molecule has 0 aliphatic carbocycles. The van der Waals surface area contributed by atoms with E-state index in [1.54, 1.807) is 0 Å². The van der Waals surface area contributed by atoms with Gasteiger partial charge in [0.25, 0.3) is 0 Å². The van der Waals surface area contributed by atoms with Gasteiger partial charge in [0.2, 0.25) is 0 Å². The van der Waals surface area contributed by atoms with Crippen molar-refractivity contribution >= 4 is 5.97 Å². The highest BCUT2D eigenvalue weighted by Gasteiger charge is 2.09. The minimum atomic E-state index is -1.03. The maximum absolute atomic E-state index is 11.0. The summed E-state index contributed by atoms with van der Waals surface area (Å²) in [4.78, 5) is 11.0. The lowest BCUT2D eigenvalue weighted by atomic mass is 10.0. The first-order chi connectivity index (χ1) is 12.2. The Balaban J connectivity index is 2.65. The smallest absolute Gasteiger partial charge is 0.335 e. The molecule has 4 heteroatoms. The van der Waals surface area contributed by atoms with Crippen LogP contribution in [0.2, 0.25) is 0 Å². The average Bonchev–Trinajstić information content (AvgIpc) is 2.58. The molecule has 26 heavy (non-hydrogen) atoms. The summed E-state index contributed by atoms with van der Waals surface area (Å²) in [7, 11) is 0. The fraction of sp³-hybridized carbons (Fsp3) is 0.409. The Hall–Kier alpha value is -2.33. The summed E-state index contributed by atoms with van der Waals surface area (Å²) in [5, 5.41) is 29.2. The average molecular weight is 358 g/mol. The van der Waals surface area contributed by atoms with Gasteiger partial charge in [0.05, 0.1) is 11.7 Å². The van der Waals surface area contributed by atoms with Gasteiger partial charge in [-0.3, -0.25) is 0 Å². The first-order valence-electron chi connectivity index (χ1n) is 8.89. The lowest BCUT2D eigenvalue weighted by Crippen LogP contribution is -2.07. The molecular weight excluding hydrogens is 328 g/mol. The van der Waals surface area contributed by atoms with Crippen molar-refractivity contribution in [3.63, 3.8) is 0 Å². The molecule has 0 saturated heterocycles. The molecule has 0 saturated carbocycles. The number of aromatic carboxylic acids is 1. The van der Waals surface area contributed by atoms with Crippen molar-refractivity contribution in [3.8, 4) is 5.75 Å². The molecule has 0 bridgehead atoms. The Morgan fingerprint density at radius 3 is 2.42 bits per heavy atom. The molecule has 0 aliphatic heterocycles. The van der Waals surface area contributed by atoms with Crippen molar-refractivity contribution in [2.75, 3.05) is 0 Å². The van der Waals surface area contributed by atoms with Gasteiger partial charge in [-0.15, -0.1) is 0 Å². The number of phenols is 1. The second-order valence-corrected chi connectivity index (χ2v) is 6.92.